The maximum atomic E-state index is 12.0. The smallest absolute Gasteiger partial charge is 0.407 e. The quantitative estimate of drug-likeness (QED) is 0.512. The third-order valence-corrected chi connectivity index (χ3v) is 4.69. The first-order chi connectivity index (χ1) is 13.2. The van der Waals surface area contributed by atoms with Crippen molar-refractivity contribution in [2.75, 3.05) is 20.3 Å². The van der Waals surface area contributed by atoms with Crippen LogP contribution >= 0.6 is 0 Å². The number of carbonyl (C=O) groups is 2. The van der Waals surface area contributed by atoms with E-state index in [1.54, 1.807) is 0 Å². The summed E-state index contributed by atoms with van der Waals surface area (Å²) in [6, 6.07) is 15.3. The van der Waals surface area contributed by atoms with Gasteiger partial charge in [-0.2, -0.15) is 5.48 Å². The topological polar surface area (TPSA) is 96.9 Å². The lowest BCUT2D eigenvalue weighted by Gasteiger charge is -2.15. The third-order valence-electron chi connectivity index (χ3n) is 4.69. The molecule has 0 saturated heterocycles. The predicted octanol–water partition coefficient (Wildman–Crippen LogP) is 2.44. The number of nitrogens with one attached hydrogen (secondary N) is 2. The maximum Gasteiger partial charge on any atom is 0.407 e. The van der Waals surface area contributed by atoms with E-state index in [9.17, 15) is 9.59 Å². The van der Waals surface area contributed by atoms with E-state index >= 15 is 0 Å². The van der Waals surface area contributed by atoms with Crippen molar-refractivity contribution in [2.24, 2.45) is 0 Å². The second-order valence-electron chi connectivity index (χ2n) is 6.25. The van der Waals surface area contributed by atoms with Gasteiger partial charge in [-0.15, -0.1) is 0 Å². The molecule has 0 spiro atoms. The summed E-state index contributed by atoms with van der Waals surface area (Å²) in [5.74, 6) is -0.614. The number of ether oxygens (including phenoxy) is 2. The van der Waals surface area contributed by atoms with Gasteiger partial charge in [0.05, 0.1) is 7.11 Å². The van der Waals surface area contributed by atoms with Gasteiger partial charge < -0.3 is 20.0 Å². The van der Waals surface area contributed by atoms with Crippen LogP contribution in [0.25, 0.3) is 11.1 Å². The van der Waals surface area contributed by atoms with E-state index < -0.39 is 18.1 Å². The van der Waals surface area contributed by atoms with Crippen LogP contribution in [0.5, 0.6) is 0 Å². The van der Waals surface area contributed by atoms with Crippen LogP contribution < -0.4 is 10.8 Å². The number of alkyl carbamates (subject to hydrolysis) is 1. The lowest BCUT2D eigenvalue weighted by Crippen LogP contribution is -2.39. The van der Waals surface area contributed by atoms with Gasteiger partial charge in [0.2, 0.25) is 0 Å². The molecular weight excluding hydrogens is 348 g/mol. The summed E-state index contributed by atoms with van der Waals surface area (Å²) in [5.41, 5.74) is 6.47. The Morgan fingerprint density at radius 1 is 1.07 bits per heavy atom. The number of rotatable bonds is 7. The van der Waals surface area contributed by atoms with Crippen molar-refractivity contribution in [1.29, 1.82) is 0 Å². The van der Waals surface area contributed by atoms with Gasteiger partial charge >= 0.3 is 12.1 Å². The molecule has 27 heavy (non-hydrogen) atoms. The van der Waals surface area contributed by atoms with Crippen LogP contribution in [0.1, 0.15) is 23.5 Å². The highest BCUT2D eigenvalue weighted by atomic mass is 16.5. The van der Waals surface area contributed by atoms with E-state index in [2.05, 4.69) is 34.3 Å². The Labute approximate surface area is 157 Å². The second kappa shape index (κ2) is 8.66. The van der Waals surface area contributed by atoms with Gasteiger partial charge in [0.1, 0.15) is 12.6 Å². The van der Waals surface area contributed by atoms with Crippen molar-refractivity contribution in [3.8, 4) is 11.1 Å². The first-order valence-electron chi connectivity index (χ1n) is 8.72. The Balaban J connectivity index is 1.56. The fourth-order valence-corrected chi connectivity index (χ4v) is 3.35. The Kier molecular flexibility index (Phi) is 6.05. The number of esters is 1. The van der Waals surface area contributed by atoms with Crippen molar-refractivity contribution >= 4 is 12.1 Å². The summed E-state index contributed by atoms with van der Waals surface area (Å²) < 4.78 is 9.93. The maximum absolute atomic E-state index is 12.0. The van der Waals surface area contributed by atoms with E-state index in [-0.39, 0.29) is 25.5 Å². The summed E-state index contributed by atoms with van der Waals surface area (Å²) in [6.45, 7) is 0.378. The number of methoxy groups -OCH3 is 1. The summed E-state index contributed by atoms with van der Waals surface area (Å²) in [7, 11) is 1.23. The monoisotopic (exact) mass is 370 g/mol. The molecule has 0 saturated carbocycles. The standard InChI is InChI=1S/C20H22N2O5/c1-26-19(23)18(22-25)10-11-21-20(24)27-12-17-15-8-4-2-6-13(15)14-7-3-5-9-16(14)17/h2-9,17-18,22,25H,10-12H2,1H3,(H,21,24)/t18-/m0/s1. The van der Waals surface area contributed by atoms with Crippen LogP contribution in [0.3, 0.4) is 0 Å². The molecule has 0 heterocycles. The van der Waals surface area contributed by atoms with E-state index in [1.807, 2.05) is 29.7 Å². The van der Waals surface area contributed by atoms with Gasteiger partial charge in [0.25, 0.3) is 0 Å². The first kappa shape index (κ1) is 18.9. The van der Waals surface area contributed by atoms with E-state index in [1.165, 1.54) is 7.11 Å². The predicted molar refractivity (Wildman–Crippen MR) is 98.4 cm³/mol. The van der Waals surface area contributed by atoms with E-state index in [0.717, 1.165) is 22.3 Å². The van der Waals surface area contributed by atoms with Crippen molar-refractivity contribution in [1.82, 2.24) is 10.8 Å². The molecule has 1 atom stereocenters. The van der Waals surface area contributed by atoms with Crippen molar-refractivity contribution < 1.29 is 24.3 Å². The average Bonchev–Trinajstić information content (AvgIpc) is 3.03. The van der Waals surface area contributed by atoms with Crippen LogP contribution in [0.4, 0.5) is 4.79 Å². The van der Waals surface area contributed by atoms with Crippen molar-refractivity contribution in [2.45, 2.75) is 18.4 Å². The third kappa shape index (κ3) is 4.10. The van der Waals surface area contributed by atoms with Crippen LogP contribution in [0, 0.1) is 0 Å². The lowest BCUT2D eigenvalue weighted by atomic mass is 9.98. The zero-order chi connectivity index (χ0) is 19.2. The number of hydrogen-bond donors (Lipinski definition) is 3. The van der Waals surface area contributed by atoms with E-state index in [0.29, 0.717) is 0 Å². The fourth-order valence-electron chi connectivity index (χ4n) is 3.35. The van der Waals surface area contributed by atoms with Gasteiger partial charge in [0, 0.05) is 12.5 Å². The molecule has 0 fully saturated rings. The molecule has 0 radical (unpaired) electrons. The molecule has 0 bridgehead atoms. The fraction of sp³-hybridized carbons (Fsp3) is 0.300. The summed E-state index contributed by atoms with van der Waals surface area (Å²) in [4.78, 5) is 23.4. The summed E-state index contributed by atoms with van der Waals surface area (Å²) in [6.07, 6.45) is -0.397. The number of benzene rings is 2. The van der Waals surface area contributed by atoms with Gasteiger partial charge in [0.15, 0.2) is 0 Å². The van der Waals surface area contributed by atoms with Gasteiger partial charge in [-0.05, 0) is 28.7 Å². The Morgan fingerprint density at radius 2 is 1.67 bits per heavy atom. The first-order valence-corrected chi connectivity index (χ1v) is 8.72. The Bertz CT molecular complexity index is 778. The second-order valence-corrected chi connectivity index (χ2v) is 6.25. The molecule has 0 aliphatic heterocycles. The minimum Gasteiger partial charge on any atom is -0.468 e. The van der Waals surface area contributed by atoms with Crippen LogP contribution in [0.15, 0.2) is 48.5 Å². The highest BCUT2D eigenvalue weighted by Crippen LogP contribution is 2.44. The zero-order valence-corrected chi connectivity index (χ0v) is 15.0. The molecular formula is C20H22N2O5. The Morgan fingerprint density at radius 3 is 2.22 bits per heavy atom. The molecule has 2 aromatic carbocycles. The summed E-state index contributed by atoms with van der Waals surface area (Å²) >= 11 is 0. The van der Waals surface area contributed by atoms with Crippen LogP contribution in [-0.4, -0.2) is 43.6 Å². The molecule has 142 valence electrons. The highest BCUT2D eigenvalue weighted by molar-refractivity contribution is 5.79. The molecule has 7 heteroatoms. The molecule has 1 amide bonds. The molecule has 1 aliphatic carbocycles. The molecule has 2 aromatic rings. The number of carbonyl (C=O) groups excluding carboxylic acids is 2. The largest absolute Gasteiger partial charge is 0.468 e. The van der Waals surface area contributed by atoms with Crippen molar-refractivity contribution in [3.63, 3.8) is 0 Å². The normalized spacial score (nSPS) is 13.4. The number of hydrogen-bond acceptors (Lipinski definition) is 6. The van der Waals surface area contributed by atoms with Crippen LogP contribution in [-0.2, 0) is 14.3 Å². The average molecular weight is 370 g/mol. The molecule has 0 aromatic heterocycles. The van der Waals surface area contributed by atoms with Crippen LogP contribution in [0.2, 0.25) is 0 Å². The molecule has 3 N–H and O–H groups in total. The minimum absolute atomic E-state index is 0.00919. The van der Waals surface area contributed by atoms with Crippen molar-refractivity contribution in [3.05, 3.63) is 59.7 Å². The van der Waals surface area contributed by atoms with Gasteiger partial charge in [-0.25, -0.2) is 4.79 Å². The lowest BCUT2D eigenvalue weighted by molar-refractivity contribution is -0.146. The zero-order valence-electron chi connectivity index (χ0n) is 15.0. The Hall–Kier alpha value is -2.90. The molecule has 7 nitrogen and oxygen atoms in total. The summed E-state index contributed by atoms with van der Waals surface area (Å²) in [5, 5.41) is 11.5. The van der Waals surface area contributed by atoms with Gasteiger partial charge in [-0.1, -0.05) is 48.5 Å². The molecule has 3 rings (SSSR count). The highest BCUT2D eigenvalue weighted by Gasteiger charge is 2.29. The van der Waals surface area contributed by atoms with Gasteiger partial charge in [-0.3, -0.25) is 4.79 Å². The molecule has 1 aliphatic rings. The number of fused-ring (bicyclic) bond motifs is 3. The minimum atomic E-state index is -0.899. The molecule has 0 unspecified atom stereocenters. The SMILES string of the molecule is COC(=O)[C@H](CCNC(=O)OCC1c2ccccc2-c2ccccc21)NO. The number of hydroxylamine groups is 1. The van der Waals surface area contributed by atoms with E-state index in [4.69, 9.17) is 9.94 Å². The number of amides is 1.